The number of rotatable bonds is 8. The number of fused-ring (bicyclic) bond motifs is 1. The summed E-state index contributed by atoms with van der Waals surface area (Å²) in [6.45, 7) is 3.00. The van der Waals surface area contributed by atoms with Gasteiger partial charge in [0.25, 0.3) is 0 Å². The molecule has 3 aromatic rings. The third-order valence-electron chi connectivity index (χ3n) is 5.47. The van der Waals surface area contributed by atoms with Gasteiger partial charge in [0.1, 0.15) is 24.0 Å². The maximum absolute atomic E-state index is 14.8. The number of amidine groups is 1. The van der Waals surface area contributed by atoms with Crippen LogP contribution in [-0.4, -0.2) is 51.1 Å². The van der Waals surface area contributed by atoms with E-state index < -0.39 is 0 Å². The van der Waals surface area contributed by atoms with E-state index in [2.05, 4.69) is 33.4 Å². The highest BCUT2D eigenvalue weighted by Gasteiger charge is 2.17. The van der Waals surface area contributed by atoms with E-state index in [1.165, 1.54) is 11.5 Å². The fourth-order valence-corrected chi connectivity index (χ4v) is 3.91. The van der Waals surface area contributed by atoms with Gasteiger partial charge in [0.05, 0.1) is 6.54 Å². The molecular formula is C25H28FN3O. The van der Waals surface area contributed by atoms with Crippen LogP contribution in [0.3, 0.4) is 0 Å². The molecule has 0 atom stereocenters. The van der Waals surface area contributed by atoms with Gasteiger partial charge in [0.15, 0.2) is 0 Å². The molecule has 0 unspecified atom stereocenters. The van der Waals surface area contributed by atoms with E-state index in [0.29, 0.717) is 25.0 Å². The fourth-order valence-electron chi connectivity index (χ4n) is 3.91. The molecule has 0 spiro atoms. The molecule has 4 rings (SSSR count). The zero-order valence-corrected chi connectivity index (χ0v) is 17.6. The minimum Gasteiger partial charge on any atom is -0.492 e. The van der Waals surface area contributed by atoms with Crippen LogP contribution in [0, 0.1) is 5.82 Å². The summed E-state index contributed by atoms with van der Waals surface area (Å²) >= 11 is 0. The smallest absolute Gasteiger partial charge is 0.128 e. The largest absolute Gasteiger partial charge is 0.492 e. The molecule has 0 aliphatic carbocycles. The van der Waals surface area contributed by atoms with Gasteiger partial charge >= 0.3 is 0 Å². The number of hydrogen-bond donors (Lipinski definition) is 1. The standard InChI is InChI=1S/C25H28FN3O/c1-29(2)16-17-30-24-13-10-18-6-3-4-7-19(18)21(24)12-11-20-22(8-5-9-23(20)26)25-27-14-15-28-25/h3-10,13H,11-12,14-17H2,1-2H3,(H,27,28). The Balaban J connectivity index is 1.65. The van der Waals surface area contributed by atoms with Crippen LogP contribution in [0.4, 0.5) is 4.39 Å². The highest BCUT2D eigenvalue weighted by Crippen LogP contribution is 2.30. The summed E-state index contributed by atoms with van der Waals surface area (Å²) in [5, 5.41) is 5.60. The molecule has 3 aromatic carbocycles. The molecule has 0 bridgehead atoms. The van der Waals surface area contributed by atoms with Gasteiger partial charge in [-0.1, -0.05) is 42.5 Å². The number of halogens is 1. The van der Waals surface area contributed by atoms with Crippen LogP contribution in [0.2, 0.25) is 0 Å². The molecule has 0 saturated heterocycles. The van der Waals surface area contributed by atoms with E-state index in [-0.39, 0.29) is 5.82 Å². The lowest BCUT2D eigenvalue weighted by molar-refractivity contribution is 0.260. The summed E-state index contributed by atoms with van der Waals surface area (Å²) in [6, 6.07) is 17.7. The lowest BCUT2D eigenvalue weighted by Crippen LogP contribution is -2.21. The van der Waals surface area contributed by atoms with Gasteiger partial charge in [-0.3, -0.25) is 4.99 Å². The third kappa shape index (κ3) is 4.46. The van der Waals surface area contributed by atoms with E-state index in [1.807, 2.05) is 38.4 Å². The van der Waals surface area contributed by atoms with Crippen molar-refractivity contribution < 1.29 is 9.13 Å². The van der Waals surface area contributed by atoms with Crippen LogP contribution >= 0.6 is 0 Å². The Labute approximate surface area is 177 Å². The summed E-state index contributed by atoms with van der Waals surface area (Å²) in [7, 11) is 4.06. The summed E-state index contributed by atoms with van der Waals surface area (Å²) in [4.78, 5) is 6.60. The van der Waals surface area contributed by atoms with Crippen molar-refractivity contribution in [2.75, 3.05) is 40.3 Å². The Morgan fingerprint density at radius 1 is 1.00 bits per heavy atom. The van der Waals surface area contributed by atoms with E-state index in [9.17, 15) is 4.39 Å². The van der Waals surface area contributed by atoms with Crippen LogP contribution in [-0.2, 0) is 12.8 Å². The van der Waals surface area contributed by atoms with Crippen LogP contribution < -0.4 is 10.1 Å². The van der Waals surface area contributed by atoms with Crippen molar-refractivity contribution in [3.05, 3.63) is 77.1 Å². The number of benzene rings is 3. The van der Waals surface area contributed by atoms with Crippen molar-refractivity contribution >= 4 is 16.6 Å². The van der Waals surface area contributed by atoms with Crippen LogP contribution in [0.15, 0.2) is 59.6 Å². The highest BCUT2D eigenvalue weighted by atomic mass is 19.1. The van der Waals surface area contributed by atoms with Crippen LogP contribution in [0.1, 0.15) is 16.7 Å². The van der Waals surface area contributed by atoms with E-state index in [4.69, 9.17) is 4.74 Å². The van der Waals surface area contributed by atoms with Crippen molar-refractivity contribution in [1.29, 1.82) is 0 Å². The molecule has 1 aliphatic heterocycles. The van der Waals surface area contributed by atoms with Crippen molar-refractivity contribution in [2.45, 2.75) is 12.8 Å². The zero-order chi connectivity index (χ0) is 20.9. The minimum absolute atomic E-state index is 0.181. The third-order valence-corrected chi connectivity index (χ3v) is 5.47. The van der Waals surface area contributed by atoms with Gasteiger partial charge in [-0.15, -0.1) is 0 Å². The second kappa shape index (κ2) is 9.26. The lowest BCUT2D eigenvalue weighted by Gasteiger charge is -2.17. The Morgan fingerprint density at radius 3 is 2.63 bits per heavy atom. The first-order chi connectivity index (χ1) is 14.6. The first-order valence-corrected chi connectivity index (χ1v) is 10.5. The first-order valence-electron chi connectivity index (χ1n) is 10.5. The molecule has 0 fully saturated rings. The van der Waals surface area contributed by atoms with Gasteiger partial charge in [0.2, 0.25) is 0 Å². The molecule has 5 heteroatoms. The predicted molar refractivity (Wildman–Crippen MR) is 121 cm³/mol. The van der Waals surface area contributed by atoms with E-state index in [1.54, 1.807) is 6.07 Å². The summed E-state index contributed by atoms with van der Waals surface area (Å²) in [5.41, 5.74) is 2.70. The quantitative estimate of drug-likeness (QED) is 0.614. The minimum atomic E-state index is -0.181. The lowest BCUT2D eigenvalue weighted by atomic mass is 9.95. The van der Waals surface area contributed by atoms with Crippen molar-refractivity contribution in [2.24, 2.45) is 4.99 Å². The average Bonchev–Trinajstić information content (AvgIpc) is 3.28. The maximum atomic E-state index is 14.8. The number of aliphatic imine (C=N–C) groups is 1. The normalized spacial score (nSPS) is 13.5. The number of hydrogen-bond acceptors (Lipinski definition) is 4. The number of nitrogens with zero attached hydrogens (tertiary/aromatic N) is 2. The fraction of sp³-hybridized carbons (Fsp3) is 0.320. The molecule has 0 saturated carbocycles. The van der Waals surface area contributed by atoms with Gasteiger partial charge in [0, 0.05) is 24.2 Å². The molecule has 1 heterocycles. The molecule has 30 heavy (non-hydrogen) atoms. The van der Waals surface area contributed by atoms with Gasteiger partial charge < -0.3 is 15.0 Å². The summed E-state index contributed by atoms with van der Waals surface area (Å²) in [5.74, 6) is 1.49. The van der Waals surface area contributed by atoms with Gasteiger partial charge in [-0.05, 0) is 55.4 Å². The van der Waals surface area contributed by atoms with E-state index in [0.717, 1.165) is 47.7 Å². The Hall–Kier alpha value is -2.92. The first kappa shape index (κ1) is 20.4. The molecule has 0 radical (unpaired) electrons. The predicted octanol–water partition coefficient (Wildman–Crippen LogP) is 4.05. The topological polar surface area (TPSA) is 36.9 Å². The van der Waals surface area contributed by atoms with Gasteiger partial charge in [-0.2, -0.15) is 0 Å². The summed E-state index contributed by atoms with van der Waals surface area (Å²) < 4.78 is 20.9. The molecular weight excluding hydrogens is 377 g/mol. The maximum Gasteiger partial charge on any atom is 0.128 e. The van der Waals surface area contributed by atoms with Crippen LogP contribution in [0.25, 0.3) is 10.8 Å². The van der Waals surface area contributed by atoms with Crippen molar-refractivity contribution in [3.8, 4) is 5.75 Å². The summed E-state index contributed by atoms with van der Waals surface area (Å²) in [6.07, 6.45) is 1.28. The molecule has 0 amide bonds. The second-order valence-electron chi connectivity index (χ2n) is 7.84. The SMILES string of the molecule is CN(C)CCOc1ccc2ccccc2c1CCc1c(F)cccc1C1=NCCN1. The van der Waals surface area contributed by atoms with Crippen LogP contribution in [0.5, 0.6) is 5.75 Å². The molecule has 4 nitrogen and oxygen atoms in total. The number of likely N-dealkylation sites (N-methyl/N-ethyl adjacent to an activating group) is 1. The van der Waals surface area contributed by atoms with E-state index >= 15 is 0 Å². The number of nitrogens with one attached hydrogen (secondary N) is 1. The highest BCUT2D eigenvalue weighted by molar-refractivity contribution is 6.01. The number of ether oxygens (including phenoxy) is 1. The molecule has 156 valence electrons. The Morgan fingerprint density at radius 2 is 1.83 bits per heavy atom. The molecule has 1 aliphatic rings. The molecule has 0 aromatic heterocycles. The van der Waals surface area contributed by atoms with Crippen molar-refractivity contribution in [3.63, 3.8) is 0 Å². The second-order valence-corrected chi connectivity index (χ2v) is 7.84. The monoisotopic (exact) mass is 405 g/mol. The number of aryl methyl sites for hydroxylation is 1. The average molecular weight is 406 g/mol. The Bertz CT molecular complexity index is 1060. The van der Waals surface area contributed by atoms with Gasteiger partial charge in [-0.25, -0.2) is 4.39 Å². The molecule has 1 N–H and O–H groups in total. The zero-order valence-electron chi connectivity index (χ0n) is 17.6. The Kier molecular flexibility index (Phi) is 6.29. The van der Waals surface area contributed by atoms with Crippen molar-refractivity contribution in [1.82, 2.24) is 10.2 Å².